The van der Waals surface area contributed by atoms with Crippen molar-refractivity contribution in [2.75, 3.05) is 5.73 Å². The fourth-order valence-electron chi connectivity index (χ4n) is 1.82. The van der Waals surface area contributed by atoms with Crippen LogP contribution in [0, 0.1) is 5.92 Å². The van der Waals surface area contributed by atoms with Crippen LogP contribution in [0.4, 0.5) is 5.13 Å². The van der Waals surface area contributed by atoms with E-state index in [4.69, 9.17) is 10.8 Å². The molecule has 0 aliphatic rings. The van der Waals surface area contributed by atoms with Gasteiger partial charge in [-0.1, -0.05) is 25.2 Å². The topological polar surface area (TPSA) is 105 Å². The van der Waals surface area contributed by atoms with E-state index in [2.05, 4.69) is 10.3 Å². The Morgan fingerprint density at radius 3 is 2.70 bits per heavy atom. The number of fused-ring (bicyclic) bond motifs is 1. The van der Waals surface area contributed by atoms with E-state index in [0.29, 0.717) is 10.7 Å². The van der Waals surface area contributed by atoms with Gasteiger partial charge in [-0.3, -0.25) is 4.79 Å². The van der Waals surface area contributed by atoms with Crippen LogP contribution in [0.5, 0.6) is 0 Å². The number of hydrogen-bond acceptors (Lipinski definition) is 5. The molecule has 0 spiro atoms. The molecule has 1 atom stereocenters. The van der Waals surface area contributed by atoms with E-state index in [0.717, 1.165) is 10.2 Å². The number of anilines is 1. The van der Waals surface area contributed by atoms with Crippen molar-refractivity contribution in [3.8, 4) is 0 Å². The van der Waals surface area contributed by atoms with Crippen LogP contribution in [0.3, 0.4) is 0 Å². The van der Waals surface area contributed by atoms with Crippen molar-refractivity contribution in [1.82, 2.24) is 10.3 Å². The molecule has 0 aliphatic carbocycles. The third kappa shape index (κ3) is 2.88. The quantitative estimate of drug-likeness (QED) is 0.796. The maximum Gasteiger partial charge on any atom is 0.326 e. The van der Waals surface area contributed by atoms with Crippen LogP contribution in [-0.2, 0) is 4.79 Å². The fraction of sp³-hybridized carbons (Fsp3) is 0.308. The van der Waals surface area contributed by atoms with Crippen molar-refractivity contribution in [3.63, 3.8) is 0 Å². The van der Waals surface area contributed by atoms with Crippen molar-refractivity contribution in [2.24, 2.45) is 5.92 Å². The van der Waals surface area contributed by atoms with Crippen LogP contribution in [0.1, 0.15) is 24.2 Å². The largest absolute Gasteiger partial charge is 0.480 e. The molecule has 106 valence electrons. The molecular weight excluding hydrogens is 278 g/mol. The van der Waals surface area contributed by atoms with Gasteiger partial charge in [-0.05, 0) is 24.1 Å². The van der Waals surface area contributed by atoms with Gasteiger partial charge in [-0.25, -0.2) is 9.78 Å². The Kier molecular flexibility index (Phi) is 3.89. The molecule has 6 nitrogen and oxygen atoms in total. The summed E-state index contributed by atoms with van der Waals surface area (Å²) in [5, 5.41) is 12.0. The van der Waals surface area contributed by atoms with Crippen molar-refractivity contribution < 1.29 is 14.7 Å². The summed E-state index contributed by atoms with van der Waals surface area (Å²) in [7, 11) is 0. The number of nitrogens with zero attached hydrogens (tertiary/aromatic N) is 1. The van der Waals surface area contributed by atoms with Gasteiger partial charge in [0.15, 0.2) is 5.13 Å². The van der Waals surface area contributed by atoms with E-state index < -0.39 is 17.9 Å². The summed E-state index contributed by atoms with van der Waals surface area (Å²) in [5.41, 5.74) is 6.73. The summed E-state index contributed by atoms with van der Waals surface area (Å²) < 4.78 is 0.798. The van der Waals surface area contributed by atoms with Crippen molar-refractivity contribution >= 4 is 38.6 Å². The molecular formula is C13H15N3O3S. The predicted molar refractivity (Wildman–Crippen MR) is 77.8 cm³/mol. The van der Waals surface area contributed by atoms with Crippen LogP contribution in [0.15, 0.2) is 18.2 Å². The van der Waals surface area contributed by atoms with E-state index in [-0.39, 0.29) is 5.92 Å². The molecule has 4 N–H and O–H groups in total. The van der Waals surface area contributed by atoms with Crippen LogP contribution >= 0.6 is 11.3 Å². The van der Waals surface area contributed by atoms with Crippen LogP contribution in [0.2, 0.25) is 0 Å². The Morgan fingerprint density at radius 2 is 2.10 bits per heavy atom. The first-order valence-electron chi connectivity index (χ1n) is 6.08. The molecule has 0 saturated heterocycles. The number of benzene rings is 1. The third-order valence-corrected chi connectivity index (χ3v) is 3.73. The highest BCUT2D eigenvalue weighted by Crippen LogP contribution is 2.24. The minimum Gasteiger partial charge on any atom is -0.480 e. The van der Waals surface area contributed by atoms with Gasteiger partial charge in [0.1, 0.15) is 6.04 Å². The van der Waals surface area contributed by atoms with Crippen LogP contribution in [0.25, 0.3) is 10.2 Å². The molecule has 20 heavy (non-hydrogen) atoms. The molecule has 0 saturated carbocycles. The second kappa shape index (κ2) is 5.46. The minimum absolute atomic E-state index is 0.195. The molecule has 1 aromatic heterocycles. The first kappa shape index (κ1) is 14.3. The van der Waals surface area contributed by atoms with Crippen LogP contribution < -0.4 is 11.1 Å². The minimum atomic E-state index is -1.04. The molecule has 2 aromatic rings. The number of aliphatic carboxylic acids is 1. The highest BCUT2D eigenvalue weighted by Gasteiger charge is 2.24. The first-order valence-corrected chi connectivity index (χ1v) is 6.90. The lowest BCUT2D eigenvalue weighted by atomic mass is 10.0. The summed E-state index contributed by atoms with van der Waals surface area (Å²) in [4.78, 5) is 27.3. The highest BCUT2D eigenvalue weighted by atomic mass is 32.1. The van der Waals surface area contributed by atoms with Gasteiger partial charge < -0.3 is 16.2 Å². The number of nitrogens with one attached hydrogen (secondary N) is 1. The van der Waals surface area contributed by atoms with Gasteiger partial charge in [0.2, 0.25) is 0 Å². The number of thiazole rings is 1. The Labute approximate surface area is 119 Å². The number of nitrogens with two attached hydrogens (primary N) is 1. The lowest BCUT2D eigenvalue weighted by molar-refractivity contribution is -0.140. The summed E-state index contributed by atoms with van der Waals surface area (Å²) in [6.45, 7) is 3.48. The van der Waals surface area contributed by atoms with Gasteiger partial charge in [0, 0.05) is 5.56 Å². The molecule has 0 radical (unpaired) electrons. The SMILES string of the molecule is CC(C)[C@@H](NC(=O)c1ccc2nc(N)sc2c1)C(=O)O. The summed E-state index contributed by atoms with van der Waals surface area (Å²) in [6.07, 6.45) is 0. The first-order chi connectivity index (χ1) is 9.38. The average molecular weight is 293 g/mol. The van der Waals surface area contributed by atoms with Crippen molar-refractivity contribution in [1.29, 1.82) is 0 Å². The average Bonchev–Trinajstić information content (AvgIpc) is 2.73. The molecule has 7 heteroatoms. The lowest BCUT2D eigenvalue weighted by Gasteiger charge is -2.17. The number of carbonyl (C=O) groups is 2. The molecule has 0 aliphatic heterocycles. The zero-order chi connectivity index (χ0) is 14.9. The maximum atomic E-state index is 12.1. The monoisotopic (exact) mass is 293 g/mol. The molecule has 1 heterocycles. The standard InChI is InChI=1S/C13H15N3O3S/c1-6(2)10(12(18)19)16-11(17)7-3-4-8-9(5-7)20-13(14)15-8/h3-6,10H,1-2H3,(H2,14,15)(H,16,17)(H,18,19)/t10-/m1/s1. The second-order valence-corrected chi connectivity index (χ2v) is 5.83. The number of carbonyl (C=O) groups excluding carboxylic acids is 1. The molecule has 0 fully saturated rings. The van der Waals surface area contributed by atoms with E-state index in [1.165, 1.54) is 11.3 Å². The zero-order valence-corrected chi connectivity index (χ0v) is 11.9. The molecule has 0 unspecified atom stereocenters. The highest BCUT2D eigenvalue weighted by molar-refractivity contribution is 7.22. The summed E-state index contributed by atoms with van der Waals surface area (Å²) in [5.74, 6) is -1.66. The van der Waals surface area contributed by atoms with E-state index >= 15 is 0 Å². The van der Waals surface area contributed by atoms with E-state index in [9.17, 15) is 9.59 Å². The van der Waals surface area contributed by atoms with Gasteiger partial charge in [-0.2, -0.15) is 0 Å². The summed E-state index contributed by atoms with van der Waals surface area (Å²) >= 11 is 1.29. The number of rotatable bonds is 4. The van der Waals surface area contributed by atoms with Gasteiger partial charge in [-0.15, -0.1) is 0 Å². The Hall–Kier alpha value is -2.15. The van der Waals surface area contributed by atoms with Gasteiger partial charge in [0.05, 0.1) is 10.2 Å². The molecule has 2 rings (SSSR count). The smallest absolute Gasteiger partial charge is 0.326 e. The van der Waals surface area contributed by atoms with E-state index in [1.807, 2.05) is 0 Å². The number of carboxylic acid groups (broad SMARTS) is 1. The molecule has 0 bridgehead atoms. The predicted octanol–water partition coefficient (Wildman–Crippen LogP) is 1.72. The van der Waals surface area contributed by atoms with Crippen LogP contribution in [-0.4, -0.2) is 28.0 Å². The fourth-order valence-corrected chi connectivity index (χ4v) is 2.60. The number of nitrogen functional groups attached to an aromatic ring is 1. The number of carboxylic acids is 1. The second-order valence-electron chi connectivity index (χ2n) is 4.77. The lowest BCUT2D eigenvalue weighted by Crippen LogP contribution is -2.44. The van der Waals surface area contributed by atoms with Crippen molar-refractivity contribution in [3.05, 3.63) is 23.8 Å². The van der Waals surface area contributed by atoms with E-state index in [1.54, 1.807) is 32.0 Å². The van der Waals surface area contributed by atoms with Gasteiger partial charge in [0.25, 0.3) is 5.91 Å². The Bertz CT molecular complexity index is 666. The molecule has 1 aromatic carbocycles. The normalized spacial score (nSPS) is 12.6. The van der Waals surface area contributed by atoms with Crippen molar-refractivity contribution in [2.45, 2.75) is 19.9 Å². The maximum absolute atomic E-state index is 12.1. The number of aromatic nitrogens is 1. The Morgan fingerprint density at radius 1 is 1.40 bits per heavy atom. The summed E-state index contributed by atoms with van der Waals surface area (Å²) in [6, 6.07) is 4.06. The zero-order valence-electron chi connectivity index (χ0n) is 11.1. The number of hydrogen-bond donors (Lipinski definition) is 3. The number of amides is 1. The van der Waals surface area contributed by atoms with Gasteiger partial charge >= 0.3 is 5.97 Å². The molecule has 1 amide bonds. The third-order valence-electron chi connectivity index (χ3n) is 2.89. The Balaban J connectivity index is 2.24.